The van der Waals surface area contributed by atoms with Gasteiger partial charge in [-0.25, -0.2) is 0 Å². The summed E-state index contributed by atoms with van der Waals surface area (Å²) in [5.41, 5.74) is 1.12. The SMILES string of the molecule is O=C([O-])CCC(CO)Cc1ccccc1. The van der Waals surface area contributed by atoms with Gasteiger partial charge >= 0.3 is 0 Å². The molecule has 3 heteroatoms. The van der Waals surface area contributed by atoms with E-state index in [0.29, 0.717) is 12.8 Å². The molecule has 0 spiro atoms. The van der Waals surface area contributed by atoms with Gasteiger partial charge in [0.25, 0.3) is 0 Å². The third-order valence-electron chi connectivity index (χ3n) is 2.38. The normalized spacial score (nSPS) is 12.3. The average molecular weight is 207 g/mol. The summed E-state index contributed by atoms with van der Waals surface area (Å²) in [5, 5.41) is 19.4. The first kappa shape index (κ1) is 11.7. The highest BCUT2D eigenvalue weighted by molar-refractivity contribution is 5.64. The molecule has 1 atom stereocenters. The Balaban J connectivity index is 2.43. The Morgan fingerprint density at radius 3 is 2.53 bits per heavy atom. The fraction of sp³-hybridized carbons (Fsp3) is 0.417. The van der Waals surface area contributed by atoms with Crippen molar-refractivity contribution in [2.45, 2.75) is 19.3 Å². The van der Waals surface area contributed by atoms with Gasteiger partial charge in [0.15, 0.2) is 0 Å². The lowest BCUT2D eigenvalue weighted by Crippen LogP contribution is -2.23. The van der Waals surface area contributed by atoms with Crippen LogP contribution in [0.1, 0.15) is 18.4 Å². The second kappa shape index (κ2) is 6.19. The van der Waals surface area contributed by atoms with Gasteiger partial charge in [0.05, 0.1) is 0 Å². The van der Waals surface area contributed by atoms with Crippen LogP contribution in [0.4, 0.5) is 0 Å². The molecule has 0 saturated heterocycles. The second-order valence-electron chi connectivity index (χ2n) is 3.65. The molecule has 0 aliphatic heterocycles. The van der Waals surface area contributed by atoms with Crippen LogP contribution in [-0.2, 0) is 11.2 Å². The van der Waals surface area contributed by atoms with Crippen molar-refractivity contribution in [3.8, 4) is 0 Å². The van der Waals surface area contributed by atoms with Gasteiger partial charge in [-0.15, -0.1) is 0 Å². The van der Waals surface area contributed by atoms with Crippen LogP contribution in [0, 0.1) is 5.92 Å². The molecule has 15 heavy (non-hydrogen) atoms. The Labute approximate surface area is 89.4 Å². The van der Waals surface area contributed by atoms with Crippen LogP contribution in [-0.4, -0.2) is 17.7 Å². The van der Waals surface area contributed by atoms with E-state index in [0.717, 1.165) is 5.56 Å². The van der Waals surface area contributed by atoms with Crippen molar-refractivity contribution in [3.05, 3.63) is 35.9 Å². The summed E-state index contributed by atoms with van der Waals surface area (Å²) in [5.74, 6) is -1.05. The van der Waals surface area contributed by atoms with E-state index in [2.05, 4.69) is 0 Å². The summed E-state index contributed by atoms with van der Waals surface area (Å²) >= 11 is 0. The first-order valence-corrected chi connectivity index (χ1v) is 5.07. The number of hydrogen-bond acceptors (Lipinski definition) is 3. The predicted molar refractivity (Wildman–Crippen MR) is 55.0 cm³/mol. The van der Waals surface area contributed by atoms with E-state index in [-0.39, 0.29) is 18.9 Å². The summed E-state index contributed by atoms with van der Waals surface area (Å²) < 4.78 is 0. The van der Waals surface area contributed by atoms with Crippen molar-refractivity contribution < 1.29 is 15.0 Å². The van der Waals surface area contributed by atoms with Crippen molar-refractivity contribution in [2.75, 3.05) is 6.61 Å². The highest BCUT2D eigenvalue weighted by Crippen LogP contribution is 2.13. The van der Waals surface area contributed by atoms with Crippen molar-refractivity contribution in [1.82, 2.24) is 0 Å². The summed E-state index contributed by atoms with van der Waals surface area (Å²) in [4.78, 5) is 10.3. The standard InChI is InChI=1S/C12H16O3/c13-9-11(6-7-12(14)15)8-10-4-2-1-3-5-10/h1-5,11,13H,6-9H2,(H,14,15)/p-1. The quantitative estimate of drug-likeness (QED) is 0.733. The van der Waals surface area contributed by atoms with Crippen LogP contribution in [0.3, 0.4) is 0 Å². The minimum atomic E-state index is -1.05. The molecular formula is C12H15O3-. The molecule has 0 fully saturated rings. The molecule has 0 amide bonds. The Kier molecular flexibility index (Phi) is 4.84. The van der Waals surface area contributed by atoms with Gasteiger partial charge in [0.2, 0.25) is 0 Å². The van der Waals surface area contributed by atoms with Gasteiger partial charge in [0, 0.05) is 12.6 Å². The molecular weight excluding hydrogens is 192 g/mol. The van der Waals surface area contributed by atoms with E-state index in [4.69, 9.17) is 5.11 Å². The molecule has 0 aromatic heterocycles. The van der Waals surface area contributed by atoms with Crippen molar-refractivity contribution >= 4 is 5.97 Å². The maximum Gasteiger partial charge on any atom is 0.0462 e. The molecule has 0 radical (unpaired) electrons. The maximum atomic E-state index is 10.3. The summed E-state index contributed by atoms with van der Waals surface area (Å²) in [6.07, 6.45) is 1.19. The van der Waals surface area contributed by atoms with Crippen LogP contribution < -0.4 is 5.11 Å². The van der Waals surface area contributed by atoms with Gasteiger partial charge in [0.1, 0.15) is 0 Å². The number of hydrogen-bond donors (Lipinski definition) is 1. The lowest BCUT2D eigenvalue weighted by molar-refractivity contribution is -0.306. The van der Waals surface area contributed by atoms with E-state index in [1.165, 1.54) is 0 Å². The van der Waals surface area contributed by atoms with Gasteiger partial charge < -0.3 is 15.0 Å². The smallest absolute Gasteiger partial charge is 0.0462 e. The molecule has 0 saturated carbocycles. The number of aliphatic hydroxyl groups excluding tert-OH is 1. The monoisotopic (exact) mass is 207 g/mol. The topological polar surface area (TPSA) is 60.4 Å². The fourth-order valence-electron chi connectivity index (χ4n) is 1.53. The summed E-state index contributed by atoms with van der Waals surface area (Å²) in [7, 11) is 0. The summed E-state index contributed by atoms with van der Waals surface area (Å²) in [6, 6.07) is 9.74. The summed E-state index contributed by atoms with van der Waals surface area (Å²) in [6.45, 7) is 0.0160. The fourth-order valence-corrected chi connectivity index (χ4v) is 1.53. The molecule has 82 valence electrons. The largest absolute Gasteiger partial charge is 0.550 e. The number of carbonyl (C=O) groups excluding carboxylic acids is 1. The number of carboxylic acids is 1. The molecule has 0 bridgehead atoms. The van der Waals surface area contributed by atoms with Gasteiger partial charge in [-0.1, -0.05) is 30.3 Å². The molecule has 0 heterocycles. The minimum absolute atomic E-state index is 0.00491. The Morgan fingerprint density at radius 2 is 2.00 bits per heavy atom. The zero-order valence-electron chi connectivity index (χ0n) is 8.56. The third-order valence-corrected chi connectivity index (χ3v) is 2.38. The number of benzene rings is 1. The number of carboxylic acid groups (broad SMARTS) is 1. The molecule has 1 unspecified atom stereocenters. The zero-order chi connectivity index (χ0) is 11.1. The maximum absolute atomic E-state index is 10.3. The van der Waals surface area contributed by atoms with Crippen LogP contribution in [0.25, 0.3) is 0 Å². The van der Waals surface area contributed by atoms with Crippen molar-refractivity contribution in [1.29, 1.82) is 0 Å². The number of aliphatic hydroxyl groups is 1. The average Bonchev–Trinajstić information content (AvgIpc) is 2.25. The number of rotatable bonds is 6. The molecule has 1 aromatic carbocycles. The lowest BCUT2D eigenvalue weighted by atomic mass is 9.96. The lowest BCUT2D eigenvalue weighted by Gasteiger charge is -2.14. The molecule has 0 aliphatic rings. The molecule has 3 nitrogen and oxygen atoms in total. The molecule has 1 N–H and O–H groups in total. The van der Waals surface area contributed by atoms with Gasteiger partial charge in [-0.05, 0) is 30.7 Å². The first-order valence-electron chi connectivity index (χ1n) is 5.07. The molecule has 0 aliphatic carbocycles. The van der Waals surface area contributed by atoms with E-state index in [9.17, 15) is 9.90 Å². The number of aliphatic carboxylic acids is 1. The Hall–Kier alpha value is -1.35. The Bertz CT molecular complexity index is 295. The van der Waals surface area contributed by atoms with Crippen molar-refractivity contribution in [3.63, 3.8) is 0 Å². The minimum Gasteiger partial charge on any atom is -0.550 e. The predicted octanol–water partition coefficient (Wildman–Crippen LogP) is 0.368. The molecule has 1 aromatic rings. The third kappa shape index (κ3) is 4.61. The van der Waals surface area contributed by atoms with Crippen LogP contribution >= 0.6 is 0 Å². The van der Waals surface area contributed by atoms with Gasteiger partial charge in [-0.2, -0.15) is 0 Å². The van der Waals surface area contributed by atoms with E-state index in [1.54, 1.807) is 0 Å². The zero-order valence-corrected chi connectivity index (χ0v) is 8.56. The van der Waals surface area contributed by atoms with Crippen LogP contribution in [0.2, 0.25) is 0 Å². The van der Waals surface area contributed by atoms with E-state index >= 15 is 0 Å². The van der Waals surface area contributed by atoms with Crippen molar-refractivity contribution in [2.24, 2.45) is 5.92 Å². The first-order chi connectivity index (χ1) is 7.22. The van der Waals surface area contributed by atoms with E-state index < -0.39 is 5.97 Å². The molecule has 1 rings (SSSR count). The van der Waals surface area contributed by atoms with Gasteiger partial charge in [-0.3, -0.25) is 0 Å². The number of carbonyl (C=O) groups is 1. The highest BCUT2D eigenvalue weighted by atomic mass is 16.4. The highest BCUT2D eigenvalue weighted by Gasteiger charge is 2.08. The van der Waals surface area contributed by atoms with Crippen LogP contribution in [0.15, 0.2) is 30.3 Å². The Morgan fingerprint density at radius 1 is 1.33 bits per heavy atom. The van der Waals surface area contributed by atoms with Crippen LogP contribution in [0.5, 0.6) is 0 Å². The second-order valence-corrected chi connectivity index (χ2v) is 3.65. The van der Waals surface area contributed by atoms with E-state index in [1.807, 2.05) is 30.3 Å².